The van der Waals surface area contributed by atoms with Gasteiger partial charge in [0.15, 0.2) is 5.78 Å². The second kappa shape index (κ2) is 7.40. The molecule has 2 aromatic carbocycles. The molecule has 0 aliphatic heterocycles. The molecule has 0 radical (unpaired) electrons. The summed E-state index contributed by atoms with van der Waals surface area (Å²) in [4.78, 5) is 12.5. The van der Waals surface area contributed by atoms with Crippen LogP contribution in [0.2, 0.25) is 0 Å². The van der Waals surface area contributed by atoms with Crippen LogP contribution in [0.4, 0.5) is 11.6 Å². The highest BCUT2D eigenvalue weighted by molar-refractivity contribution is 7.71. The topological polar surface area (TPSA) is 87.1 Å². The number of rotatable bonds is 6. The van der Waals surface area contributed by atoms with Crippen LogP contribution in [0.25, 0.3) is 0 Å². The molecular formula is C18H19N5O2S. The van der Waals surface area contributed by atoms with Crippen molar-refractivity contribution in [2.75, 3.05) is 18.3 Å². The second-order valence-electron chi connectivity index (χ2n) is 5.74. The molecule has 0 amide bonds. The molecule has 3 aromatic rings. The van der Waals surface area contributed by atoms with Crippen LogP contribution >= 0.6 is 12.2 Å². The molecule has 3 rings (SSSR count). The van der Waals surface area contributed by atoms with Crippen LogP contribution in [-0.2, 0) is 6.54 Å². The molecule has 0 unspecified atom stereocenters. The highest BCUT2D eigenvalue weighted by Crippen LogP contribution is 2.23. The number of nitrogen functional groups attached to an aromatic ring is 1. The molecule has 0 bridgehead atoms. The van der Waals surface area contributed by atoms with E-state index in [0.717, 1.165) is 5.56 Å². The molecule has 0 saturated carbocycles. The Labute approximate surface area is 156 Å². The molecule has 3 N–H and O–H groups in total. The number of anilines is 2. The van der Waals surface area contributed by atoms with Gasteiger partial charge in [0.25, 0.3) is 0 Å². The molecule has 0 aliphatic carbocycles. The Hall–Kier alpha value is -3.13. The maximum absolute atomic E-state index is 12.5. The van der Waals surface area contributed by atoms with E-state index in [1.54, 1.807) is 19.2 Å². The summed E-state index contributed by atoms with van der Waals surface area (Å²) >= 11 is 5.41. The van der Waals surface area contributed by atoms with Crippen molar-refractivity contribution in [3.63, 3.8) is 0 Å². The van der Waals surface area contributed by atoms with Gasteiger partial charge >= 0.3 is 0 Å². The van der Waals surface area contributed by atoms with Gasteiger partial charge in [-0.15, -0.1) is 5.10 Å². The van der Waals surface area contributed by atoms with Gasteiger partial charge < -0.3 is 10.5 Å². The highest BCUT2D eigenvalue weighted by atomic mass is 32.1. The Morgan fingerprint density at radius 2 is 1.92 bits per heavy atom. The lowest BCUT2D eigenvalue weighted by Gasteiger charge is -2.11. The predicted molar refractivity (Wildman–Crippen MR) is 103 cm³/mol. The molecular weight excluding hydrogens is 350 g/mol. The van der Waals surface area contributed by atoms with Gasteiger partial charge in [0.1, 0.15) is 12.3 Å². The fraction of sp³-hybridized carbons (Fsp3) is 0.167. The Balaban J connectivity index is 1.85. The number of ketones is 1. The van der Waals surface area contributed by atoms with E-state index in [9.17, 15) is 4.79 Å². The quantitative estimate of drug-likeness (QED) is 0.513. The summed E-state index contributed by atoms with van der Waals surface area (Å²) < 4.78 is 8.43. The molecule has 0 spiro atoms. The molecule has 26 heavy (non-hydrogen) atoms. The van der Waals surface area contributed by atoms with Crippen LogP contribution in [0, 0.1) is 11.7 Å². The Morgan fingerprint density at radius 1 is 1.23 bits per heavy atom. The molecule has 0 atom stereocenters. The monoisotopic (exact) mass is 369 g/mol. The number of benzene rings is 2. The van der Waals surface area contributed by atoms with E-state index in [0.29, 0.717) is 17.0 Å². The number of ether oxygens (including phenoxy) is 1. The average molecular weight is 369 g/mol. The molecule has 134 valence electrons. The number of Topliss-reactive ketones (excluding diaryl/α,β-unsaturated/α-hetero) is 1. The molecule has 0 fully saturated rings. The zero-order valence-electron chi connectivity index (χ0n) is 14.5. The van der Waals surface area contributed by atoms with Crippen LogP contribution in [0.3, 0.4) is 0 Å². The van der Waals surface area contributed by atoms with Crippen molar-refractivity contribution in [2.45, 2.75) is 13.5 Å². The number of aromatic nitrogens is 3. The number of aryl methyl sites for hydroxylation is 1. The summed E-state index contributed by atoms with van der Waals surface area (Å²) in [5.41, 5.74) is 11.4. The third kappa shape index (κ3) is 3.60. The van der Waals surface area contributed by atoms with Crippen molar-refractivity contribution in [3.8, 4) is 5.75 Å². The first-order valence-electron chi connectivity index (χ1n) is 7.95. The van der Waals surface area contributed by atoms with E-state index in [-0.39, 0.29) is 23.0 Å². The van der Waals surface area contributed by atoms with Gasteiger partial charge in [-0.05, 0) is 31.3 Å². The normalized spacial score (nSPS) is 10.5. The van der Waals surface area contributed by atoms with Gasteiger partial charge in [-0.3, -0.25) is 10.2 Å². The van der Waals surface area contributed by atoms with E-state index < -0.39 is 0 Å². The third-order valence-electron chi connectivity index (χ3n) is 3.87. The number of carbonyl (C=O) groups is 1. The lowest BCUT2D eigenvalue weighted by molar-refractivity contribution is 0.0967. The van der Waals surface area contributed by atoms with Gasteiger partial charge in [-0.1, -0.05) is 42.0 Å². The minimum atomic E-state index is -0.0944. The standard InChI is InChI=1S/C18H19N5O2S/c1-12-7-9-13(10-8-12)15(24)11-22-18(26)23(17(19)21-22)20-14-5-3-4-6-16(14)25-2/h3-10,20H,11H2,1-2H3,(H2,19,21). The minimum Gasteiger partial charge on any atom is -0.495 e. The Bertz CT molecular complexity index is 992. The first-order chi connectivity index (χ1) is 12.5. The van der Waals surface area contributed by atoms with E-state index in [2.05, 4.69) is 10.5 Å². The van der Waals surface area contributed by atoms with Crippen molar-refractivity contribution in [3.05, 3.63) is 64.4 Å². The van der Waals surface area contributed by atoms with E-state index in [4.69, 9.17) is 22.7 Å². The van der Waals surface area contributed by atoms with Crippen molar-refractivity contribution >= 4 is 29.6 Å². The van der Waals surface area contributed by atoms with E-state index in [1.807, 2.05) is 43.3 Å². The van der Waals surface area contributed by atoms with Crippen molar-refractivity contribution in [1.82, 2.24) is 14.5 Å². The second-order valence-corrected chi connectivity index (χ2v) is 6.10. The van der Waals surface area contributed by atoms with Gasteiger partial charge in [0, 0.05) is 5.56 Å². The van der Waals surface area contributed by atoms with Crippen LogP contribution in [0.1, 0.15) is 15.9 Å². The zero-order chi connectivity index (χ0) is 18.7. The number of methoxy groups -OCH3 is 1. The summed E-state index contributed by atoms with van der Waals surface area (Å²) in [5.74, 6) is 0.693. The first-order valence-corrected chi connectivity index (χ1v) is 8.35. The smallest absolute Gasteiger partial charge is 0.240 e. The average Bonchev–Trinajstić information content (AvgIpc) is 2.90. The van der Waals surface area contributed by atoms with Gasteiger partial charge in [-0.25, -0.2) is 4.68 Å². The summed E-state index contributed by atoms with van der Waals surface area (Å²) in [6.07, 6.45) is 0. The predicted octanol–water partition coefficient (Wildman–Crippen LogP) is 3.07. The number of nitrogens with zero attached hydrogens (tertiary/aromatic N) is 3. The summed E-state index contributed by atoms with van der Waals surface area (Å²) in [6.45, 7) is 1.98. The fourth-order valence-corrected chi connectivity index (χ4v) is 2.70. The number of para-hydroxylation sites is 2. The van der Waals surface area contributed by atoms with Crippen LogP contribution in [0.15, 0.2) is 48.5 Å². The fourth-order valence-electron chi connectivity index (χ4n) is 2.46. The SMILES string of the molecule is COc1ccccc1Nn1c(N)nn(CC(=O)c2ccc(C)cc2)c1=S. The van der Waals surface area contributed by atoms with Crippen molar-refractivity contribution < 1.29 is 9.53 Å². The highest BCUT2D eigenvalue weighted by Gasteiger charge is 2.14. The van der Waals surface area contributed by atoms with E-state index in [1.165, 1.54) is 9.36 Å². The maximum atomic E-state index is 12.5. The first kappa shape index (κ1) is 17.7. The number of nitrogens with two attached hydrogens (primary N) is 1. The maximum Gasteiger partial charge on any atom is 0.240 e. The van der Waals surface area contributed by atoms with Crippen molar-refractivity contribution in [1.29, 1.82) is 0 Å². The molecule has 0 aliphatic rings. The van der Waals surface area contributed by atoms with Gasteiger partial charge in [0.2, 0.25) is 10.7 Å². The zero-order valence-corrected chi connectivity index (χ0v) is 15.3. The Kier molecular flexibility index (Phi) is 5.04. The molecule has 8 heteroatoms. The lowest BCUT2D eigenvalue weighted by atomic mass is 10.1. The number of nitrogens with one attached hydrogen (secondary N) is 1. The molecule has 1 aromatic heterocycles. The summed E-state index contributed by atoms with van der Waals surface area (Å²) in [5, 5.41) is 4.17. The summed E-state index contributed by atoms with van der Waals surface area (Å²) in [6, 6.07) is 14.7. The molecule has 0 saturated heterocycles. The van der Waals surface area contributed by atoms with Crippen LogP contribution < -0.4 is 15.9 Å². The Morgan fingerprint density at radius 3 is 2.62 bits per heavy atom. The summed E-state index contributed by atoms with van der Waals surface area (Å²) in [7, 11) is 1.58. The minimum absolute atomic E-state index is 0.00665. The van der Waals surface area contributed by atoms with Crippen molar-refractivity contribution in [2.24, 2.45) is 0 Å². The van der Waals surface area contributed by atoms with Gasteiger partial charge in [0.05, 0.1) is 12.8 Å². The largest absolute Gasteiger partial charge is 0.495 e. The molecule has 7 nitrogen and oxygen atoms in total. The van der Waals surface area contributed by atoms with Crippen LogP contribution in [0.5, 0.6) is 5.75 Å². The number of hydrogen-bond donors (Lipinski definition) is 2. The number of carbonyl (C=O) groups excluding carboxylic acids is 1. The van der Waals surface area contributed by atoms with Gasteiger partial charge in [-0.2, -0.15) is 4.68 Å². The molecule has 1 heterocycles. The van der Waals surface area contributed by atoms with E-state index >= 15 is 0 Å². The third-order valence-corrected chi connectivity index (χ3v) is 4.26. The van der Waals surface area contributed by atoms with Crippen LogP contribution in [-0.4, -0.2) is 27.3 Å². The number of hydrogen-bond acceptors (Lipinski definition) is 6. The lowest BCUT2D eigenvalue weighted by Crippen LogP contribution is -2.15.